The van der Waals surface area contributed by atoms with Crippen LogP contribution in [-0.2, 0) is 4.79 Å². The Labute approximate surface area is 164 Å². The summed E-state index contributed by atoms with van der Waals surface area (Å²) in [5, 5.41) is 9.28. The second kappa shape index (κ2) is 9.18. The maximum absolute atomic E-state index is 12.3. The minimum Gasteiger partial charge on any atom is -0.376 e. The Morgan fingerprint density at radius 3 is 3.00 bits per heavy atom. The van der Waals surface area contributed by atoms with Crippen molar-refractivity contribution in [3.63, 3.8) is 0 Å². The normalized spacial score (nSPS) is 16.5. The minimum atomic E-state index is -0.176. The average molecular weight is 382 g/mol. The minimum absolute atomic E-state index is 0.00130. The first-order chi connectivity index (χ1) is 13.6. The zero-order chi connectivity index (χ0) is 19.9. The molecule has 3 rings (SSSR count). The first kappa shape index (κ1) is 19.6. The predicted molar refractivity (Wildman–Crippen MR) is 112 cm³/mol. The molecule has 2 aromatic rings. The largest absolute Gasteiger partial charge is 0.376 e. The van der Waals surface area contributed by atoms with Crippen LogP contribution in [0, 0.1) is 0 Å². The fourth-order valence-electron chi connectivity index (χ4n) is 3.19. The molecule has 1 amide bonds. The van der Waals surface area contributed by atoms with E-state index in [1.54, 1.807) is 23.4 Å². The van der Waals surface area contributed by atoms with Crippen molar-refractivity contribution in [3.05, 3.63) is 53.1 Å². The maximum Gasteiger partial charge on any atom is 0.271 e. The van der Waals surface area contributed by atoms with Crippen molar-refractivity contribution in [2.24, 2.45) is 0 Å². The number of aromatic amines is 1. The molecule has 0 bridgehead atoms. The lowest BCUT2D eigenvalue weighted by molar-refractivity contribution is -0.125. The average Bonchev–Trinajstić information content (AvgIpc) is 3.18. The van der Waals surface area contributed by atoms with Crippen LogP contribution in [0.25, 0.3) is 11.1 Å². The summed E-state index contributed by atoms with van der Waals surface area (Å²) < 4.78 is 0. The highest BCUT2D eigenvalue weighted by Gasteiger charge is 2.25. The first-order valence-corrected chi connectivity index (χ1v) is 9.34. The first-order valence-electron chi connectivity index (χ1n) is 9.34. The number of nitrogens with one attached hydrogen (secondary N) is 4. The van der Waals surface area contributed by atoms with Crippen LogP contribution < -0.4 is 21.5 Å². The number of H-pyrrole nitrogens is 1. The molecule has 148 valence electrons. The molecule has 0 aromatic carbocycles. The van der Waals surface area contributed by atoms with Gasteiger partial charge in [0.1, 0.15) is 11.5 Å². The molecule has 1 atom stereocenters. The molecular formula is C20H26N6O2. The van der Waals surface area contributed by atoms with Gasteiger partial charge in [0, 0.05) is 56.8 Å². The van der Waals surface area contributed by atoms with Crippen molar-refractivity contribution < 1.29 is 4.79 Å². The number of anilines is 2. The Balaban J connectivity index is 1.69. The van der Waals surface area contributed by atoms with E-state index in [-0.39, 0.29) is 17.5 Å². The molecular weight excluding hydrogens is 356 g/mol. The van der Waals surface area contributed by atoms with Gasteiger partial charge >= 0.3 is 0 Å². The number of likely N-dealkylation sites (N-methyl/N-ethyl adjacent to an activating group) is 1. The lowest BCUT2D eigenvalue weighted by atomic mass is 10.1. The standard InChI is InChI=1S/C20H26N6O2/c1-21-7-3-4-19(27)26-9-6-16(13-26)25-17-10-15(12-24-20(17)28)14-5-8-23-18(11-14)22-2/h3-5,8,10-12,16,21,25H,6-7,9,13H2,1-2H3,(H,22,23)(H,24,28)/t16-/m0/s1. The highest BCUT2D eigenvalue weighted by Crippen LogP contribution is 2.22. The molecule has 1 aliphatic heterocycles. The van der Waals surface area contributed by atoms with Gasteiger partial charge < -0.3 is 25.8 Å². The number of carbonyl (C=O) groups excluding carboxylic acids is 1. The molecule has 28 heavy (non-hydrogen) atoms. The predicted octanol–water partition coefficient (Wildman–Crippen LogP) is 1.27. The molecule has 0 saturated carbocycles. The smallest absolute Gasteiger partial charge is 0.271 e. The maximum atomic E-state index is 12.3. The molecule has 4 N–H and O–H groups in total. The van der Waals surface area contributed by atoms with E-state index in [2.05, 4.69) is 25.9 Å². The quantitative estimate of drug-likeness (QED) is 0.538. The third kappa shape index (κ3) is 4.77. The third-order valence-electron chi connectivity index (χ3n) is 4.69. The Hall–Kier alpha value is -3.13. The highest BCUT2D eigenvalue weighted by molar-refractivity contribution is 5.87. The fourth-order valence-corrected chi connectivity index (χ4v) is 3.19. The van der Waals surface area contributed by atoms with Gasteiger partial charge in [-0.25, -0.2) is 4.98 Å². The summed E-state index contributed by atoms with van der Waals surface area (Å²) in [5.74, 6) is 0.757. The Bertz CT molecular complexity index is 908. The number of hydrogen-bond donors (Lipinski definition) is 4. The van der Waals surface area contributed by atoms with Crippen molar-refractivity contribution in [1.82, 2.24) is 20.2 Å². The van der Waals surface area contributed by atoms with Crippen LogP contribution in [0.1, 0.15) is 6.42 Å². The molecule has 1 saturated heterocycles. The van der Waals surface area contributed by atoms with Gasteiger partial charge in [-0.1, -0.05) is 6.08 Å². The van der Waals surface area contributed by atoms with Gasteiger partial charge in [0.05, 0.1) is 0 Å². The van der Waals surface area contributed by atoms with Crippen LogP contribution in [0.2, 0.25) is 0 Å². The van der Waals surface area contributed by atoms with Gasteiger partial charge in [-0.2, -0.15) is 0 Å². The van der Waals surface area contributed by atoms with E-state index in [0.29, 0.717) is 25.3 Å². The molecule has 0 unspecified atom stereocenters. The van der Waals surface area contributed by atoms with Crippen LogP contribution in [0.15, 0.2) is 47.5 Å². The summed E-state index contributed by atoms with van der Waals surface area (Å²) >= 11 is 0. The molecule has 0 radical (unpaired) electrons. The van der Waals surface area contributed by atoms with Crippen LogP contribution in [0.5, 0.6) is 0 Å². The van der Waals surface area contributed by atoms with Gasteiger partial charge in [0.15, 0.2) is 0 Å². The van der Waals surface area contributed by atoms with Crippen molar-refractivity contribution in [2.45, 2.75) is 12.5 Å². The van der Waals surface area contributed by atoms with Crippen molar-refractivity contribution >= 4 is 17.4 Å². The molecule has 1 aliphatic rings. The molecule has 0 spiro atoms. The molecule has 2 aromatic heterocycles. The third-order valence-corrected chi connectivity index (χ3v) is 4.69. The highest BCUT2D eigenvalue weighted by atomic mass is 16.2. The van der Waals surface area contributed by atoms with Gasteiger partial charge in [0.25, 0.3) is 5.56 Å². The fraction of sp³-hybridized carbons (Fsp3) is 0.350. The summed E-state index contributed by atoms with van der Waals surface area (Å²) in [6, 6.07) is 5.70. The summed E-state index contributed by atoms with van der Waals surface area (Å²) in [6.07, 6.45) is 7.62. The molecule has 8 nitrogen and oxygen atoms in total. The zero-order valence-corrected chi connectivity index (χ0v) is 16.2. The Kier molecular flexibility index (Phi) is 6.44. The monoisotopic (exact) mass is 382 g/mol. The summed E-state index contributed by atoms with van der Waals surface area (Å²) in [4.78, 5) is 33.2. The van der Waals surface area contributed by atoms with Crippen LogP contribution in [0.4, 0.5) is 11.5 Å². The van der Waals surface area contributed by atoms with Gasteiger partial charge in [-0.3, -0.25) is 9.59 Å². The van der Waals surface area contributed by atoms with Crippen molar-refractivity contribution in [1.29, 1.82) is 0 Å². The molecule has 0 aliphatic carbocycles. The van der Waals surface area contributed by atoms with Crippen LogP contribution in [0.3, 0.4) is 0 Å². The summed E-state index contributed by atoms with van der Waals surface area (Å²) in [6.45, 7) is 1.91. The second-order valence-corrected chi connectivity index (χ2v) is 6.69. The molecule has 1 fully saturated rings. The lowest BCUT2D eigenvalue weighted by Gasteiger charge is -2.16. The Morgan fingerprint density at radius 2 is 2.21 bits per heavy atom. The van der Waals surface area contributed by atoms with E-state index in [1.165, 1.54) is 0 Å². The van der Waals surface area contributed by atoms with Crippen LogP contribution >= 0.6 is 0 Å². The van der Waals surface area contributed by atoms with Gasteiger partial charge in [-0.05, 0) is 37.2 Å². The van der Waals surface area contributed by atoms with Crippen molar-refractivity contribution in [2.75, 3.05) is 44.4 Å². The number of pyridine rings is 2. The number of amides is 1. The number of hydrogen-bond acceptors (Lipinski definition) is 6. The van der Waals surface area contributed by atoms with E-state index in [0.717, 1.165) is 23.4 Å². The van der Waals surface area contributed by atoms with E-state index in [1.807, 2.05) is 38.4 Å². The molecule has 3 heterocycles. The Morgan fingerprint density at radius 1 is 1.36 bits per heavy atom. The lowest BCUT2D eigenvalue weighted by Crippen LogP contribution is -2.31. The van der Waals surface area contributed by atoms with E-state index in [9.17, 15) is 9.59 Å². The van der Waals surface area contributed by atoms with Crippen LogP contribution in [-0.4, -0.2) is 60.5 Å². The SMILES string of the molecule is CNCC=CC(=O)N1CC[C@H](Nc2cc(-c3ccnc(NC)c3)c[nH]c2=O)C1. The van der Waals surface area contributed by atoms with E-state index in [4.69, 9.17) is 0 Å². The number of rotatable bonds is 7. The number of nitrogens with zero attached hydrogens (tertiary/aromatic N) is 2. The topological polar surface area (TPSA) is 102 Å². The number of aromatic nitrogens is 2. The number of likely N-dealkylation sites (tertiary alicyclic amines) is 1. The van der Waals surface area contributed by atoms with Crippen molar-refractivity contribution in [3.8, 4) is 11.1 Å². The van der Waals surface area contributed by atoms with Gasteiger partial charge in [-0.15, -0.1) is 0 Å². The summed E-state index contributed by atoms with van der Waals surface area (Å²) in [5.41, 5.74) is 2.18. The van der Waals surface area contributed by atoms with E-state index >= 15 is 0 Å². The summed E-state index contributed by atoms with van der Waals surface area (Å²) in [7, 11) is 3.65. The number of carbonyl (C=O) groups is 1. The van der Waals surface area contributed by atoms with Gasteiger partial charge in [0.2, 0.25) is 5.91 Å². The second-order valence-electron chi connectivity index (χ2n) is 6.69. The van der Waals surface area contributed by atoms with E-state index < -0.39 is 0 Å². The molecule has 8 heteroatoms. The zero-order valence-electron chi connectivity index (χ0n) is 16.2.